The smallest absolute Gasteiger partial charge is 0.236 e. The van der Waals surface area contributed by atoms with Crippen LogP contribution in [0.1, 0.15) is 12.0 Å². The maximum absolute atomic E-state index is 13.6. The van der Waals surface area contributed by atoms with E-state index in [4.69, 9.17) is 5.73 Å². The molecule has 136 valence electrons. The summed E-state index contributed by atoms with van der Waals surface area (Å²) < 4.78 is 13.6. The molecule has 1 aromatic rings. The number of hydrogen-bond acceptors (Lipinski definition) is 4. The van der Waals surface area contributed by atoms with Crippen LogP contribution in [0.25, 0.3) is 0 Å². The molecule has 2 aliphatic heterocycles. The van der Waals surface area contributed by atoms with Crippen LogP contribution in [0.5, 0.6) is 0 Å². The van der Waals surface area contributed by atoms with Crippen LogP contribution < -0.4 is 5.73 Å². The summed E-state index contributed by atoms with van der Waals surface area (Å²) in [6.07, 6.45) is -0.999. The highest BCUT2D eigenvalue weighted by molar-refractivity contribution is 5.83. The van der Waals surface area contributed by atoms with E-state index in [9.17, 15) is 14.0 Å². The van der Waals surface area contributed by atoms with E-state index in [1.807, 2.05) is 18.2 Å². The van der Waals surface area contributed by atoms with Gasteiger partial charge in [0, 0.05) is 45.7 Å². The van der Waals surface area contributed by atoms with Gasteiger partial charge in [-0.25, -0.2) is 4.39 Å². The van der Waals surface area contributed by atoms with Gasteiger partial charge in [-0.15, -0.1) is 0 Å². The summed E-state index contributed by atoms with van der Waals surface area (Å²) in [6.45, 7) is 3.97. The molecule has 2 amide bonds. The first-order valence-electron chi connectivity index (χ1n) is 8.74. The van der Waals surface area contributed by atoms with E-state index in [1.165, 1.54) is 5.56 Å². The molecule has 0 radical (unpaired) electrons. The number of amides is 2. The van der Waals surface area contributed by atoms with E-state index in [-0.39, 0.29) is 25.4 Å². The second kappa shape index (κ2) is 7.93. The third-order valence-electron chi connectivity index (χ3n) is 4.99. The fraction of sp³-hybridized carbons (Fsp3) is 0.556. The van der Waals surface area contributed by atoms with E-state index < -0.39 is 18.1 Å². The first kappa shape index (κ1) is 17.8. The Morgan fingerprint density at radius 3 is 2.44 bits per heavy atom. The number of nitrogens with zero attached hydrogens (tertiary/aromatic N) is 3. The van der Waals surface area contributed by atoms with Crippen LogP contribution in [-0.2, 0) is 16.1 Å². The van der Waals surface area contributed by atoms with Gasteiger partial charge in [-0.1, -0.05) is 30.3 Å². The number of carbonyl (C=O) groups excluding carboxylic acids is 2. The molecule has 2 fully saturated rings. The van der Waals surface area contributed by atoms with Crippen molar-refractivity contribution in [3.8, 4) is 0 Å². The molecule has 0 saturated carbocycles. The molecular formula is C18H25FN4O2. The zero-order valence-electron chi connectivity index (χ0n) is 14.3. The average Bonchev–Trinajstić information content (AvgIpc) is 2.97. The normalized spacial score (nSPS) is 25.2. The Hall–Kier alpha value is -1.99. The zero-order chi connectivity index (χ0) is 17.8. The summed E-state index contributed by atoms with van der Waals surface area (Å²) in [5.74, 6) is -0.611. The molecule has 7 heteroatoms. The molecule has 2 N–H and O–H groups in total. The van der Waals surface area contributed by atoms with Crippen LogP contribution in [-0.4, -0.2) is 78.0 Å². The molecule has 0 spiro atoms. The van der Waals surface area contributed by atoms with Crippen LogP contribution in [0.3, 0.4) is 0 Å². The van der Waals surface area contributed by atoms with E-state index >= 15 is 0 Å². The maximum Gasteiger partial charge on any atom is 0.236 e. The summed E-state index contributed by atoms with van der Waals surface area (Å²) >= 11 is 0. The highest BCUT2D eigenvalue weighted by atomic mass is 19.1. The SMILES string of the molecule is NC(=O)[C@@H]1C[C@@H](F)CN1CC(=O)N1CCN(Cc2ccccc2)CC1. The lowest BCUT2D eigenvalue weighted by Crippen LogP contribution is -2.52. The quantitative estimate of drug-likeness (QED) is 0.827. The fourth-order valence-corrected chi connectivity index (χ4v) is 3.59. The third-order valence-corrected chi connectivity index (χ3v) is 4.99. The molecule has 0 bridgehead atoms. The van der Waals surface area contributed by atoms with Crippen molar-refractivity contribution >= 4 is 11.8 Å². The van der Waals surface area contributed by atoms with Gasteiger partial charge in [-0.2, -0.15) is 0 Å². The predicted molar refractivity (Wildman–Crippen MR) is 92.4 cm³/mol. The summed E-state index contributed by atoms with van der Waals surface area (Å²) in [5, 5.41) is 0. The van der Waals surface area contributed by atoms with Gasteiger partial charge in [0.25, 0.3) is 0 Å². The average molecular weight is 348 g/mol. The molecule has 1 aromatic carbocycles. The minimum atomic E-state index is -1.09. The molecule has 0 aliphatic carbocycles. The second-order valence-corrected chi connectivity index (χ2v) is 6.82. The lowest BCUT2D eigenvalue weighted by atomic mass is 10.2. The molecule has 0 aromatic heterocycles. The Morgan fingerprint density at radius 2 is 1.80 bits per heavy atom. The topological polar surface area (TPSA) is 69.9 Å². The van der Waals surface area contributed by atoms with Gasteiger partial charge < -0.3 is 10.6 Å². The summed E-state index contributed by atoms with van der Waals surface area (Å²) in [7, 11) is 0. The number of piperazine rings is 1. The van der Waals surface area contributed by atoms with Gasteiger partial charge in [0.1, 0.15) is 6.17 Å². The molecular weight excluding hydrogens is 323 g/mol. The summed E-state index contributed by atoms with van der Waals surface area (Å²) in [4.78, 5) is 29.6. The lowest BCUT2D eigenvalue weighted by molar-refractivity contribution is -0.135. The number of nitrogens with two attached hydrogens (primary N) is 1. The van der Waals surface area contributed by atoms with Crippen LogP contribution in [0, 0.1) is 0 Å². The van der Waals surface area contributed by atoms with Gasteiger partial charge >= 0.3 is 0 Å². The van der Waals surface area contributed by atoms with Crippen LogP contribution in [0.15, 0.2) is 30.3 Å². The van der Waals surface area contributed by atoms with Crippen molar-refractivity contribution in [2.75, 3.05) is 39.3 Å². The van der Waals surface area contributed by atoms with Gasteiger partial charge in [0.15, 0.2) is 0 Å². The minimum Gasteiger partial charge on any atom is -0.368 e. The van der Waals surface area contributed by atoms with Crippen LogP contribution in [0.4, 0.5) is 4.39 Å². The van der Waals surface area contributed by atoms with Gasteiger partial charge in [0.2, 0.25) is 11.8 Å². The summed E-state index contributed by atoms with van der Waals surface area (Å²) in [5.41, 5.74) is 6.58. The van der Waals surface area contributed by atoms with Crippen molar-refractivity contribution in [2.45, 2.75) is 25.2 Å². The Kier molecular flexibility index (Phi) is 5.65. The zero-order valence-corrected chi connectivity index (χ0v) is 14.3. The molecule has 25 heavy (non-hydrogen) atoms. The number of benzene rings is 1. The van der Waals surface area contributed by atoms with Crippen molar-refractivity contribution < 1.29 is 14.0 Å². The summed E-state index contributed by atoms with van der Waals surface area (Å²) in [6, 6.07) is 9.58. The number of primary amides is 1. The largest absolute Gasteiger partial charge is 0.368 e. The maximum atomic E-state index is 13.6. The van der Waals surface area contributed by atoms with Crippen molar-refractivity contribution in [1.82, 2.24) is 14.7 Å². The van der Waals surface area contributed by atoms with Gasteiger partial charge in [-0.3, -0.25) is 19.4 Å². The van der Waals surface area contributed by atoms with Crippen molar-refractivity contribution in [3.05, 3.63) is 35.9 Å². The molecule has 2 saturated heterocycles. The number of alkyl halides is 1. The highest BCUT2D eigenvalue weighted by Crippen LogP contribution is 2.20. The standard InChI is InChI=1S/C18H25FN4O2/c19-15-10-16(18(20)25)23(12-15)13-17(24)22-8-6-21(7-9-22)11-14-4-2-1-3-5-14/h1-5,15-16H,6-13H2,(H2,20,25)/t15-,16+/m1/s1. The molecule has 3 rings (SSSR count). The van der Waals surface area contributed by atoms with E-state index in [0.717, 1.165) is 19.6 Å². The highest BCUT2D eigenvalue weighted by Gasteiger charge is 2.37. The van der Waals surface area contributed by atoms with E-state index in [2.05, 4.69) is 17.0 Å². The van der Waals surface area contributed by atoms with Crippen molar-refractivity contribution in [3.63, 3.8) is 0 Å². The van der Waals surface area contributed by atoms with E-state index in [0.29, 0.717) is 13.1 Å². The first-order valence-corrected chi connectivity index (χ1v) is 8.74. The number of likely N-dealkylation sites (tertiary alicyclic amines) is 1. The van der Waals surface area contributed by atoms with Crippen LogP contribution in [0.2, 0.25) is 0 Å². The third kappa shape index (κ3) is 4.55. The Bertz CT molecular complexity index is 604. The Balaban J connectivity index is 1.47. The fourth-order valence-electron chi connectivity index (χ4n) is 3.59. The van der Waals surface area contributed by atoms with Crippen LogP contribution >= 0.6 is 0 Å². The van der Waals surface area contributed by atoms with Crippen molar-refractivity contribution in [1.29, 1.82) is 0 Å². The Labute approximate surface area is 147 Å². The molecule has 0 unspecified atom stereocenters. The number of hydrogen-bond donors (Lipinski definition) is 1. The van der Waals surface area contributed by atoms with Gasteiger partial charge in [0.05, 0.1) is 12.6 Å². The van der Waals surface area contributed by atoms with Gasteiger partial charge in [-0.05, 0) is 5.56 Å². The number of rotatable bonds is 5. The molecule has 2 heterocycles. The Morgan fingerprint density at radius 1 is 1.12 bits per heavy atom. The number of carbonyl (C=O) groups is 2. The molecule has 2 aliphatic rings. The van der Waals surface area contributed by atoms with Crippen molar-refractivity contribution in [2.24, 2.45) is 5.73 Å². The monoisotopic (exact) mass is 348 g/mol. The molecule has 6 nitrogen and oxygen atoms in total. The predicted octanol–water partition coefficient (Wildman–Crippen LogP) is 0.229. The lowest BCUT2D eigenvalue weighted by Gasteiger charge is -2.35. The molecule has 2 atom stereocenters. The van der Waals surface area contributed by atoms with E-state index in [1.54, 1.807) is 9.80 Å². The first-order chi connectivity index (χ1) is 12.0. The minimum absolute atomic E-state index is 0.0558. The number of halogens is 1. The second-order valence-electron chi connectivity index (χ2n) is 6.82.